The fourth-order valence-corrected chi connectivity index (χ4v) is 0.895. The molecule has 0 unspecified atom stereocenters. The Hall–Kier alpha value is -1.78. The molecular formula is C9H11NO4. The van der Waals surface area contributed by atoms with Crippen molar-refractivity contribution in [3.63, 3.8) is 0 Å². The molecule has 1 heterocycles. The van der Waals surface area contributed by atoms with Crippen molar-refractivity contribution in [3.8, 4) is 0 Å². The number of oxime groups is 1. The van der Waals surface area contributed by atoms with E-state index in [0.717, 1.165) is 5.76 Å². The molecule has 0 amide bonds. The minimum absolute atomic E-state index is 0.421. The zero-order chi connectivity index (χ0) is 10.4. The standard InChI is InChI=1S/C9H11NO4/c1-7(10-14-6-9(11)12)5-8-3-2-4-13-8/h2-4H,5-6H2,1H3,(H,11,12). The van der Waals surface area contributed by atoms with Gasteiger partial charge in [0.25, 0.3) is 0 Å². The Morgan fingerprint density at radius 2 is 2.50 bits per heavy atom. The smallest absolute Gasteiger partial charge is 0.344 e. The van der Waals surface area contributed by atoms with Gasteiger partial charge in [-0.1, -0.05) is 5.16 Å². The first kappa shape index (κ1) is 10.3. The molecule has 0 aliphatic carbocycles. The average Bonchev–Trinajstić information content (AvgIpc) is 2.56. The van der Waals surface area contributed by atoms with E-state index in [1.54, 1.807) is 19.3 Å². The van der Waals surface area contributed by atoms with Crippen LogP contribution in [0.25, 0.3) is 0 Å². The van der Waals surface area contributed by atoms with Crippen molar-refractivity contribution in [2.45, 2.75) is 13.3 Å². The minimum Gasteiger partial charge on any atom is -0.479 e. The Bertz CT molecular complexity index is 316. The third kappa shape index (κ3) is 3.75. The van der Waals surface area contributed by atoms with Gasteiger partial charge in [-0.2, -0.15) is 0 Å². The quantitative estimate of drug-likeness (QED) is 0.570. The highest BCUT2D eigenvalue weighted by atomic mass is 16.6. The third-order valence-corrected chi connectivity index (χ3v) is 1.42. The molecule has 0 aliphatic rings. The van der Waals surface area contributed by atoms with Gasteiger partial charge in [0.05, 0.1) is 12.0 Å². The van der Waals surface area contributed by atoms with Crippen molar-refractivity contribution in [2.75, 3.05) is 6.61 Å². The van der Waals surface area contributed by atoms with Crippen LogP contribution in [0.1, 0.15) is 12.7 Å². The van der Waals surface area contributed by atoms with E-state index in [0.29, 0.717) is 12.1 Å². The molecule has 0 fully saturated rings. The largest absolute Gasteiger partial charge is 0.479 e. The number of carbonyl (C=O) groups is 1. The molecule has 76 valence electrons. The molecule has 0 aliphatic heterocycles. The fraction of sp³-hybridized carbons (Fsp3) is 0.333. The van der Waals surface area contributed by atoms with Crippen LogP contribution in [0.2, 0.25) is 0 Å². The molecule has 1 N–H and O–H groups in total. The van der Waals surface area contributed by atoms with Gasteiger partial charge in [-0.25, -0.2) is 4.79 Å². The van der Waals surface area contributed by atoms with Crippen molar-refractivity contribution in [2.24, 2.45) is 5.16 Å². The summed E-state index contributed by atoms with van der Waals surface area (Å²) in [5, 5.41) is 11.9. The summed E-state index contributed by atoms with van der Waals surface area (Å²) in [6.45, 7) is 1.32. The summed E-state index contributed by atoms with van der Waals surface area (Å²) in [4.78, 5) is 14.6. The van der Waals surface area contributed by atoms with Crippen molar-refractivity contribution >= 4 is 11.7 Å². The van der Waals surface area contributed by atoms with Crippen LogP contribution in [-0.2, 0) is 16.1 Å². The molecule has 14 heavy (non-hydrogen) atoms. The van der Waals surface area contributed by atoms with E-state index < -0.39 is 12.6 Å². The number of carboxylic acid groups (broad SMARTS) is 1. The lowest BCUT2D eigenvalue weighted by Gasteiger charge is -1.97. The number of furan rings is 1. The molecule has 0 atom stereocenters. The Balaban J connectivity index is 2.34. The number of nitrogens with zero attached hydrogens (tertiary/aromatic N) is 1. The molecular weight excluding hydrogens is 186 g/mol. The van der Waals surface area contributed by atoms with Crippen LogP contribution in [0.5, 0.6) is 0 Å². The van der Waals surface area contributed by atoms with E-state index in [-0.39, 0.29) is 0 Å². The Morgan fingerprint density at radius 1 is 1.71 bits per heavy atom. The first-order chi connectivity index (χ1) is 6.68. The average molecular weight is 197 g/mol. The van der Waals surface area contributed by atoms with Crippen LogP contribution < -0.4 is 0 Å². The van der Waals surface area contributed by atoms with Gasteiger partial charge in [-0.15, -0.1) is 0 Å². The topological polar surface area (TPSA) is 72.0 Å². The van der Waals surface area contributed by atoms with Gasteiger partial charge in [-0.05, 0) is 19.1 Å². The molecule has 0 aromatic carbocycles. The number of hydrogen-bond acceptors (Lipinski definition) is 4. The SMILES string of the molecule is CC(Cc1ccco1)=NOCC(=O)O. The molecule has 1 aromatic rings. The molecule has 1 rings (SSSR count). The van der Waals surface area contributed by atoms with E-state index >= 15 is 0 Å². The predicted molar refractivity (Wildman–Crippen MR) is 49.1 cm³/mol. The van der Waals surface area contributed by atoms with E-state index in [4.69, 9.17) is 9.52 Å². The van der Waals surface area contributed by atoms with E-state index in [1.165, 1.54) is 0 Å². The van der Waals surface area contributed by atoms with Crippen LogP contribution in [0, 0.1) is 0 Å². The number of carboxylic acids is 1. The first-order valence-electron chi connectivity index (χ1n) is 4.08. The van der Waals surface area contributed by atoms with Gasteiger partial charge in [0.2, 0.25) is 6.61 Å². The predicted octanol–water partition coefficient (Wildman–Crippen LogP) is 1.30. The van der Waals surface area contributed by atoms with Crippen LogP contribution in [0.3, 0.4) is 0 Å². The summed E-state index contributed by atoms with van der Waals surface area (Å²) >= 11 is 0. The maximum absolute atomic E-state index is 10.1. The van der Waals surface area contributed by atoms with E-state index in [2.05, 4.69) is 9.99 Å². The monoisotopic (exact) mass is 197 g/mol. The van der Waals surface area contributed by atoms with Gasteiger partial charge in [0.15, 0.2) is 0 Å². The Labute approximate surface area is 81.0 Å². The Morgan fingerprint density at radius 3 is 3.07 bits per heavy atom. The highest BCUT2D eigenvalue weighted by molar-refractivity contribution is 5.83. The van der Waals surface area contributed by atoms with Gasteiger partial charge >= 0.3 is 5.97 Å². The molecule has 0 saturated carbocycles. The summed E-state index contributed by atoms with van der Waals surface area (Å²) in [5.74, 6) is -0.273. The van der Waals surface area contributed by atoms with Crippen molar-refractivity contribution in [1.82, 2.24) is 0 Å². The third-order valence-electron chi connectivity index (χ3n) is 1.42. The molecule has 0 bridgehead atoms. The first-order valence-corrected chi connectivity index (χ1v) is 4.08. The van der Waals surface area contributed by atoms with Crippen molar-refractivity contribution in [3.05, 3.63) is 24.2 Å². The molecule has 0 spiro atoms. The summed E-state index contributed by atoms with van der Waals surface area (Å²) in [6.07, 6.45) is 2.09. The second-order valence-electron chi connectivity index (χ2n) is 2.75. The molecule has 1 aromatic heterocycles. The minimum atomic E-state index is -1.04. The van der Waals surface area contributed by atoms with E-state index in [9.17, 15) is 4.79 Å². The molecule has 5 nitrogen and oxygen atoms in total. The second kappa shape index (κ2) is 5.06. The summed E-state index contributed by atoms with van der Waals surface area (Å²) in [6, 6.07) is 3.59. The number of hydrogen-bond donors (Lipinski definition) is 1. The lowest BCUT2D eigenvalue weighted by atomic mass is 10.2. The van der Waals surface area contributed by atoms with Crippen LogP contribution >= 0.6 is 0 Å². The maximum atomic E-state index is 10.1. The highest BCUT2D eigenvalue weighted by Crippen LogP contribution is 2.02. The normalized spacial score (nSPS) is 11.4. The lowest BCUT2D eigenvalue weighted by Crippen LogP contribution is -2.05. The zero-order valence-corrected chi connectivity index (χ0v) is 7.77. The second-order valence-corrected chi connectivity index (χ2v) is 2.75. The summed E-state index contributed by atoms with van der Waals surface area (Å²) < 4.78 is 5.08. The van der Waals surface area contributed by atoms with Gasteiger partial charge in [0, 0.05) is 6.42 Å². The van der Waals surface area contributed by atoms with Gasteiger partial charge in [-0.3, -0.25) is 0 Å². The van der Waals surface area contributed by atoms with Crippen molar-refractivity contribution in [1.29, 1.82) is 0 Å². The zero-order valence-electron chi connectivity index (χ0n) is 7.77. The lowest BCUT2D eigenvalue weighted by molar-refractivity contribution is -0.142. The van der Waals surface area contributed by atoms with Gasteiger partial charge < -0.3 is 14.4 Å². The number of aliphatic carboxylic acids is 1. The maximum Gasteiger partial charge on any atom is 0.344 e. The number of rotatable bonds is 5. The summed E-state index contributed by atoms with van der Waals surface area (Å²) in [5.41, 5.74) is 0.668. The molecule has 0 saturated heterocycles. The fourth-order valence-electron chi connectivity index (χ4n) is 0.895. The Kier molecular flexibility index (Phi) is 3.72. The van der Waals surface area contributed by atoms with Gasteiger partial charge in [0.1, 0.15) is 5.76 Å². The van der Waals surface area contributed by atoms with E-state index in [1.807, 2.05) is 6.07 Å². The van der Waals surface area contributed by atoms with Crippen LogP contribution in [0.4, 0.5) is 0 Å². The highest BCUT2D eigenvalue weighted by Gasteiger charge is 2.00. The van der Waals surface area contributed by atoms with Crippen LogP contribution in [0.15, 0.2) is 28.0 Å². The van der Waals surface area contributed by atoms with Crippen molar-refractivity contribution < 1.29 is 19.2 Å². The molecule has 0 radical (unpaired) electrons. The summed E-state index contributed by atoms with van der Waals surface area (Å²) in [7, 11) is 0. The molecule has 5 heteroatoms. The van der Waals surface area contributed by atoms with Crippen LogP contribution in [-0.4, -0.2) is 23.4 Å².